The molecular formula is C25H26Cl5N3O. The number of nitrogens with zero attached hydrogens (tertiary/aromatic N) is 1. The Kier molecular flexibility index (Phi) is 11.7. The normalized spacial score (nSPS) is 9.85. The summed E-state index contributed by atoms with van der Waals surface area (Å²) >= 11 is 29.4. The van der Waals surface area contributed by atoms with Crippen molar-refractivity contribution in [2.24, 2.45) is 4.99 Å². The Hall–Kier alpha value is -1.91. The summed E-state index contributed by atoms with van der Waals surface area (Å²) < 4.78 is 0. The molecule has 9 heteroatoms. The summed E-state index contributed by atoms with van der Waals surface area (Å²) in [4.78, 5) is 13.6. The molecule has 4 nitrogen and oxygen atoms in total. The Morgan fingerprint density at radius 3 is 1.65 bits per heavy atom. The number of rotatable bonds is 1. The van der Waals surface area contributed by atoms with Gasteiger partial charge in [-0.05, 0) is 93.1 Å². The first kappa shape index (κ1) is 30.1. The van der Waals surface area contributed by atoms with Gasteiger partial charge in [0.05, 0.1) is 21.4 Å². The second kappa shape index (κ2) is 13.3. The van der Waals surface area contributed by atoms with Crippen molar-refractivity contribution >= 4 is 81.1 Å². The van der Waals surface area contributed by atoms with E-state index < -0.39 is 0 Å². The summed E-state index contributed by atoms with van der Waals surface area (Å²) in [5.74, 6) is 0. The SMILES string of the molecule is Cc1cc(Cl)c(N)c(C)c1Cl.Cc1cc(Cl)c(N=C=O)c(C)c1Cl.Cc1ccc(N)c(C)c1Cl. The van der Waals surface area contributed by atoms with Gasteiger partial charge < -0.3 is 11.5 Å². The van der Waals surface area contributed by atoms with E-state index in [9.17, 15) is 4.79 Å². The van der Waals surface area contributed by atoms with Crippen LogP contribution in [0.1, 0.15) is 33.4 Å². The fourth-order valence-corrected chi connectivity index (χ4v) is 3.97. The van der Waals surface area contributed by atoms with Gasteiger partial charge in [-0.3, -0.25) is 0 Å². The van der Waals surface area contributed by atoms with Gasteiger partial charge in [-0.1, -0.05) is 64.1 Å². The fourth-order valence-electron chi connectivity index (χ4n) is 2.84. The Labute approximate surface area is 225 Å². The molecule has 0 heterocycles. The smallest absolute Gasteiger partial charge is 0.240 e. The van der Waals surface area contributed by atoms with Crippen molar-refractivity contribution in [3.05, 3.63) is 82.8 Å². The molecule has 0 spiro atoms. The largest absolute Gasteiger partial charge is 0.398 e. The topological polar surface area (TPSA) is 81.5 Å². The monoisotopic (exact) mass is 559 g/mol. The molecule has 3 aromatic carbocycles. The molecule has 0 aliphatic rings. The predicted octanol–water partition coefficient (Wildman–Crippen LogP) is 9.31. The minimum absolute atomic E-state index is 0.396. The maximum atomic E-state index is 10.1. The molecule has 0 saturated carbocycles. The lowest BCUT2D eigenvalue weighted by atomic mass is 10.1. The minimum Gasteiger partial charge on any atom is -0.398 e. The van der Waals surface area contributed by atoms with Gasteiger partial charge in [-0.2, -0.15) is 4.99 Å². The highest BCUT2D eigenvalue weighted by atomic mass is 35.5. The van der Waals surface area contributed by atoms with Gasteiger partial charge in [0.1, 0.15) is 0 Å². The molecular weight excluding hydrogens is 536 g/mol. The molecule has 0 bridgehead atoms. The second-order valence-electron chi connectivity index (χ2n) is 7.60. The summed E-state index contributed by atoms with van der Waals surface area (Å²) in [5.41, 5.74) is 18.4. The van der Waals surface area contributed by atoms with Gasteiger partial charge in [0, 0.05) is 20.8 Å². The molecule has 4 N–H and O–H groups in total. The van der Waals surface area contributed by atoms with Crippen molar-refractivity contribution in [1.82, 2.24) is 0 Å². The molecule has 0 atom stereocenters. The summed E-state index contributed by atoms with van der Waals surface area (Å²) in [7, 11) is 0. The molecule has 0 saturated heterocycles. The molecule has 182 valence electrons. The molecule has 0 aliphatic carbocycles. The fraction of sp³-hybridized carbons (Fsp3) is 0.240. The molecule has 0 unspecified atom stereocenters. The van der Waals surface area contributed by atoms with Crippen LogP contribution >= 0.6 is 58.0 Å². The lowest BCUT2D eigenvalue weighted by Gasteiger charge is -2.07. The average molecular weight is 562 g/mol. The van der Waals surface area contributed by atoms with E-state index in [1.165, 1.54) is 6.08 Å². The minimum atomic E-state index is 0.396. The molecule has 0 aromatic heterocycles. The van der Waals surface area contributed by atoms with Gasteiger partial charge in [0.15, 0.2) is 0 Å². The summed E-state index contributed by atoms with van der Waals surface area (Å²) in [6.07, 6.45) is 1.44. The van der Waals surface area contributed by atoms with E-state index in [2.05, 4.69) is 4.99 Å². The van der Waals surface area contributed by atoms with Crippen molar-refractivity contribution < 1.29 is 4.79 Å². The number of hydrogen-bond acceptors (Lipinski definition) is 4. The van der Waals surface area contributed by atoms with Gasteiger partial charge >= 0.3 is 0 Å². The van der Waals surface area contributed by atoms with Crippen LogP contribution in [0.3, 0.4) is 0 Å². The van der Waals surface area contributed by atoms with Crippen LogP contribution in [0, 0.1) is 41.5 Å². The number of benzene rings is 3. The van der Waals surface area contributed by atoms with Crippen LogP contribution in [-0.4, -0.2) is 6.08 Å². The second-order valence-corrected chi connectivity index (χ2v) is 9.55. The predicted molar refractivity (Wildman–Crippen MR) is 149 cm³/mol. The molecule has 3 aromatic rings. The number of aliphatic imine (C=N–C) groups is 1. The van der Waals surface area contributed by atoms with Crippen molar-refractivity contribution in [2.45, 2.75) is 41.5 Å². The standard InChI is InChI=1S/C9H7Cl2NO.C8H9Cl2N.C8H10ClN/c1-5-3-7(10)9(12-4-13)6(2)8(5)11;1-4-3-6(9)8(11)5(2)7(4)10;1-5-3-4-7(10)6(2)8(5)9/h3H,1-2H3;3H,11H2,1-2H3;3-4H,10H2,1-2H3. The zero-order valence-electron chi connectivity index (χ0n) is 19.7. The van der Waals surface area contributed by atoms with Crippen LogP contribution in [0.25, 0.3) is 0 Å². The molecule has 3 rings (SSSR count). The Morgan fingerprint density at radius 2 is 1.15 bits per heavy atom. The molecule has 0 radical (unpaired) electrons. The number of isocyanates is 1. The van der Waals surface area contributed by atoms with Crippen LogP contribution in [0.4, 0.5) is 17.1 Å². The highest BCUT2D eigenvalue weighted by Gasteiger charge is 2.09. The first-order chi connectivity index (χ1) is 15.7. The van der Waals surface area contributed by atoms with Gasteiger partial charge in [0.25, 0.3) is 0 Å². The van der Waals surface area contributed by atoms with E-state index in [0.717, 1.165) is 38.5 Å². The van der Waals surface area contributed by atoms with Gasteiger partial charge in [0.2, 0.25) is 6.08 Å². The molecule has 0 fully saturated rings. The Morgan fingerprint density at radius 1 is 0.676 bits per heavy atom. The van der Waals surface area contributed by atoms with Crippen molar-refractivity contribution in [3.63, 3.8) is 0 Å². The third-order valence-corrected chi connectivity index (χ3v) is 7.40. The van der Waals surface area contributed by atoms with E-state index in [1.54, 1.807) is 19.1 Å². The number of nitrogen functional groups attached to an aromatic ring is 2. The first-order valence-corrected chi connectivity index (χ1v) is 11.9. The van der Waals surface area contributed by atoms with Gasteiger partial charge in [-0.15, -0.1) is 0 Å². The highest BCUT2D eigenvalue weighted by Crippen LogP contribution is 2.35. The van der Waals surface area contributed by atoms with Crippen molar-refractivity contribution in [2.75, 3.05) is 11.5 Å². The molecule has 0 amide bonds. The number of carbonyl (C=O) groups excluding carboxylic acids is 1. The third-order valence-electron chi connectivity index (χ3n) is 5.06. The number of halogens is 5. The van der Waals surface area contributed by atoms with E-state index in [0.29, 0.717) is 37.0 Å². The Balaban J connectivity index is 0.000000257. The lowest BCUT2D eigenvalue weighted by molar-refractivity contribution is 0.565. The van der Waals surface area contributed by atoms with E-state index >= 15 is 0 Å². The summed E-state index contributed by atoms with van der Waals surface area (Å²) in [6.45, 7) is 11.3. The number of aryl methyl sites for hydroxylation is 3. The number of nitrogens with two attached hydrogens (primary N) is 2. The number of anilines is 2. The van der Waals surface area contributed by atoms with Crippen molar-refractivity contribution in [3.8, 4) is 0 Å². The quantitative estimate of drug-likeness (QED) is 0.176. The molecule has 34 heavy (non-hydrogen) atoms. The first-order valence-electron chi connectivity index (χ1n) is 9.99. The summed E-state index contributed by atoms with van der Waals surface area (Å²) in [5, 5.41) is 3.05. The maximum absolute atomic E-state index is 10.1. The van der Waals surface area contributed by atoms with Crippen LogP contribution < -0.4 is 11.5 Å². The van der Waals surface area contributed by atoms with E-state index in [1.807, 2.05) is 46.8 Å². The van der Waals surface area contributed by atoms with Crippen molar-refractivity contribution in [1.29, 1.82) is 0 Å². The maximum Gasteiger partial charge on any atom is 0.240 e. The highest BCUT2D eigenvalue weighted by molar-refractivity contribution is 6.37. The van der Waals surface area contributed by atoms with Crippen LogP contribution in [-0.2, 0) is 4.79 Å². The van der Waals surface area contributed by atoms with Crippen LogP contribution in [0.2, 0.25) is 25.1 Å². The van der Waals surface area contributed by atoms with Crippen LogP contribution in [0.5, 0.6) is 0 Å². The zero-order chi connectivity index (χ0) is 26.3. The summed E-state index contributed by atoms with van der Waals surface area (Å²) in [6, 6.07) is 7.24. The molecule has 0 aliphatic heterocycles. The van der Waals surface area contributed by atoms with Crippen LogP contribution in [0.15, 0.2) is 29.3 Å². The lowest BCUT2D eigenvalue weighted by Crippen LogP contribution is -1.93. The average Bonchev–Trinajstić information content (AvgIpc) is 2.80. The van der Waals surface area contributed by atoms with Gasteiger partial charge in [-0.25, -0.2) is 4.79 Å². The third kappa shape index (κ3) is 7.55. The van der Waals surface area contributed by atoms with E-state index in [4.69, 9.17) is 69.5 Å². The zero-order valence-corrected chi connectivity index (χ0v) is 23.5. The van der Waals surface area contributed by atoms with E-state index in [-0.39, 0.29) is 0 Å². The Bertz CT molecular complexity index is 1200. The number of hydrogen-bond donors (Lipinski definition) is 2.